The van der Waals surface area contributed by atoms with Gasteiger partial charge in [-0.3, -0.25) is 0 Å². The van der Waals surface area contributed by atoms with Gasteiger partial charge in [0.05, 0.1) is 62.6 Å². The summed E-state index contributed by atoms with van der Waals surface area (Å²) in [5.41, 5.74) is -11.1. The van der Waals surface area contributed by atoms with E-state index < -0.39 is 243 Å². The van der Waals surface area contributed by atoms with E-state index in [0.29, 0.717) is 16.9 Å². The molecule has 0 unspecified atom stereocenters. The van der Waals surface area contributed by atoms with Crippen molar-refractivity contribution >= 4 is 59.3 Å². The van der Waals surface area contributed by atoms with Crippen LogP contribution in [0, 0.1) is 0 Å². The van der Waals surface area contributed by atoms with E-state index in [1.54, 1.807) is 42.5 Å². The smallest absolute Gasteiger partial charge is 0.0713 e. The molecule has 286 valence electrons. The summed E-state index contributed by atoms with van der Waals surface area (Å²) in [6, 6.07) is -14.6. The van der Waals surface area contributed by atoms with Crippen molar-refractivity contribution in [2.45, 2.75) is 5.41 Å². The predicted octanol–water partition coefficient (Wildman–Crippen LogP) is 16.4. The van der Waals surface area contributed by atoms with E-state index in [1.807, 2.05) is 0 Å². The Morgan fingerprint density at radius 1 is 0.393 bits per heavy atom. The molecule has 0 bridgehead atoms. The number of rotatable bonds is 7. The summed E-state index contributed by atoms with van der Waals surface area (Å²) in [5, 5.41) is -1.07. The highest BCUT2D eigenvalue weighted by molar-refractivity contribution is 7.27. The predicted molar refractivity (Wildman–Crippen MR) is 260 cm³/mol. The zero-order chi connectivity index (χ0) is 66.4. The molecular weight excluding hydrogens is 755 g/mol. The average molecular weight is 824 g/mol. The zero-order valence-corrected chi connectivity index (χ0v) is 31.9. The molecule has 0 N–H and O–H groups in total. The highest BCUT2D eigenvalue weighted by Crippen LogP contribution is 2.57. The molecule has 0 saturated heterocycles. The molecule has 1 heterocycles. The molecular formula is C59H39NS. The normalized spacial score (nSPS) is 19.6. The first-order chi connectivity index (χ1) is 42.8. The van der Waals surface area contributed by atoms with Crippen LogP contribution in [0.15, 0.2) is 236 Å². The third-order valence-electron chi connectivity index (χ3n) is 10.5. The Kier molecular flexibility index (Phi) is 3.88. The van der Waals surface area contributed by atoms with Crippen LogP contribution < -0.4 is 4.90 Å². The van der Waals surface area contributed by atoms with Crippen LogP contribution in [0.3, 0.4) is 0 Å². The number of hydrogen-bond acceptors (Lipinski definition) is 2. The van der Waals surface area contributed by atoms with Gasteiger partial charge in [-0.2, -0.15) is 0 Å². The number of benzene rings is 10. The summed E-state index contributed by atoms with van der Waals surface area (Å²) in [4.78, 5) is 1.09. The molecule has 0 radical (unpaired) electrons. The highest BCUT2D eigenvalue weighted by atomic mass is 32.1. The average Bonchev–Trinajstić information content (AvgIpc) is 1.52. The van der Waals surface area contributed by atoms with Crippen molar-refractivity contribution in [2.75, 3.05) is 4.90 Å². The first kappa shape index (κ1) is 16.5. The van der Waals surface area contributed by atoms with E-state index in [4.69, 9.17) is 17.8 Å². The molecule has 1 nitrogen and oxygen atoms in total. The topological polar surface area (TPSA) is 3.24 Å². The Hall–Kier alpha value is -7.52. The summed E-state index contributed by atoms with van der Waals surface area (Å²) >= 11 is 0.701. The minimum absolute atomic E-state index is 0.0151. The Balaban J connectivity index is 1.27. The van der Waals surface area contributed by atoms with E-state index in [9.17, 15) is 23.3 Å². The highest BCUT2D eigenvalue weighted by Gasteiger charge is 2.46. The Morgan fingerprint density at radius 3 is 1.84 bits per heavy atom. The number of thiophene rings is 1. The SMILES string of the molecule is [2H]c1c([2H])c([2H])c(C2(c3c([2H])c([2H])c([2H])c([2H])c3[2H])c3c([2H])c([2H])c([2H])c([2H])c3-c3c([2H])c([2H])c(-c4c([2H])c([2H])c(N(c5ccccc5-c5ccccc5)c5c([2H])c([2H])c([2H])c6c5sc5c7c([2H])c([2H])c([2H])c([2H])c7c([2H])c([2H])c56)c([2H])c4[2H])c([2H])c32)c([2H])c1[2H]. The van der Waals surface area contributed by atoms with Crippen molar-refractivity contribution in [2.24, 2.45) is 0 Å². The van der Waals surface area contributed by atoms with E-state index >= 15 is 0 Å². The van der Waals surface area contributed by atoms with Crippen LogP contribution in [0.25, 0.3) is 64.3 Å². The number of nitrogens with zero attached hydrogens (tertiary/aromatic N) is 1. The van der Waals surface area contributed by atoms with Gasteiger partial charge in [-0.1, -0.05) is 206 Å². The van der Waals surface area contributed by atoms with Crippen LogP contribution in [-0.4, -0.2) is 0 Å². The van der Waals surface area contributed by atoms with E-state index in [0.717, 1.165) is 4.90 Å². The molecule has 1 aromatic heterocycles. The molecule has 11 aromatic rings. The molecule has 0 spiro atoms. The molecule has 0 amide bonds. The van der Waals surface area contributed by atoms with Crippen molar-refractivity contribution in [3.05, 3.63) is 258 Å². The molecule has 0 saturated carbocycles. The lowest BCUT2D eigenvalue weighted by Gasteiger charge is -2.34. The number of fused-ring (bicyclic) bond motifs is 8. The number of anilines is 3. The molecule has 0 fully saturated rings. The molecule has 2 heteroatoms. The second-order valence-corrected chi connectivity index (χ2v) is 14.7. The summed E-state index contributed by atoms with van der Waals surface area (Å²) in [7, 11) is 0. The Morgan fingerprint density at radius 2 is 1.03 bits per heavy atom. The van der Waals surface area contributed by atoms with Crippen molar-refractivity contribution in [3.63, 3.8) is 0 Å². The quantitative estimate of drug-likeness (QED) is 0.155. The van der Waals surface area contributed by atoms with Gasteiger partial charge < -0.3 is 4.90 Å². The van der Waals surface area contributed by atoms with Gasteiger partial charge in [0.2, 0.25) is 0 Å². The standard InChI is InChI=1S/C59H39NS/c1-4-17-41(18-5-1)47-24-13-15-29-55(47)60(56-30-16-27-51-52-38-33-42-19-10-11-25-48(42)57(52)61-58(51)56)46-35-31-40(32-36-46)43-34-37-50-49-26-12-14-28-53(49)59(54(50)39-43,44-20-6-2-7-21-44)45-22-8-3-9-23-45/h1-39H/i2D,3D,6D,7D,8D,9D,10D,11D,12D,14D,16D,19D,20D,21D,22D,23D,25D,26D,27D,28D,30D,31D,32D,33D,34D,35D,36D,37D,38D,39D. The number of hydrogen-bond donors (Lipinski definition) is 0. The van der Waals surface area contributed by atoms with Crippen molar-refractivity contribution in [1.82, 2.24) is 0 Å². The summed E-state index contributed by atoms with van der Waals surface area (Å²) in [6.07, 6.45) is 0. The lowest BCUT2D eigenvalue weighted by Crippen LogP contribution is -2.28. The second-order valence-electron chi connectivity index (χ2n) is 13.7. The third kappa shape index (κ3) is 5.53. The third-order valence-corrected chi connectivity index (χ3v) is 11.7. The van der Waals surface area contributed by atoms with Gasteiger partial charge in [-0.15, -0.1) is 11.3 Å². The summed E-state index contributed by atoms with van der Waals surface area (Å²) in [6.45, 7) is 0. The Bertz CT molecular complexity index is 5040. The van der Waals surface area contributed by atoms with Crippen molar-refractivity contribution in [1.29, 1.82) is 0 Å². The summed E-state index contributed by atoms with van der Waals surface area (Å²) < 4.78 is 280. The lowest BCUT2D eigenvalue weighted by molar-refractivity contribution is 0.769. The first-order valence-corrected chi connectivity index (χ1v) is 19.4. The Labute approximate surface area is 402 Å². The van der Waals surface area contributed by atoms with Crippen molar-refractivity contribution in [3.8, 4) is 33.4 Å². The van der Waals surface area contributed by atoms with Crippen LogP contribution in [0.5, 0.6) is 0 Å². The zero-order valence-electron chi connectivity index (χ0n) is 61.1. The molecule has 0 aliphatic heterocycles. The molecule has 12 rings (SSSR count). The minimum Gasteiger partial charge on any atom is -0.308 e. The maximum absolute atomic E-state index is 10.4. The fourth-order valence-electron chi connectivity index (χ4n) is 7.91. The lowest BCUT2D eigenvalue weighted by atomic mass is 9.67. The van der Waals surface area contributed by atoms with E-state index in [-0.39, 0.29) is 42.2 Å². The van der Waals surface area contributed by atoms with Crippen LogP contribution in [-0.2, 0) is 5.41 Å². The maximum atomic E-state index is 10.4. The van der Waals surface area contributed by atoms with Crippen LogP contribution in [0.1, 0.15) is 63.4 Å². The fraction of sp³-hybridized carbons (Fsp3) is 0.0169. The first-order valence-electron chi connectivity index (χ1n) is 33.6. The van der Waals surface area contributed by atoms with Gasteiger partial charge in [-0.05, 0) is 91.1 Å². The fourth-order valence-corrected chi connectivity index (χ4v) is 9.12. The molecule has 61 heavy (non-hydrogen) atoms. The van der Waals surface area contributed by atoms with E-state index in [2.05, 4.69) is 0 Å². The van der Waals surface area contributed by atoms with Gasteiger partial charge in [0.25, 0.3) is 0 Å². The molecule has 0 atom stereocenters. The van der Waals surface area contributed by atoms with Crippen LogP contribution in [0.2, 0.25) is 0 Å². The van der Waals surface area contributed by atoms with Gasteiger partial charge in [0.15, 0.2) is 0 Å². The van der Waals surface area contributed by atoms with Gasteiger partial charge >= 0.3 is 0 Å². The molecule has 1 aliphatic carbocycles. The van der Waals surface area contributed by atoms with E-state index in [1.165, 1.54) is 12.1 Å². The van der Waals surface area contributed by atoms with Gasteiger partial charge in [-0.25, -0.2) is 0 Å². The van der Waals surface area contributed by atoms with Gasteiger partial charge in [0, 0.05) is 26.7 Å². The maximum Gasteiger partial charge on any atom is 0.0713 e. The number of para-hydroxylation sites is 1. The molecule has 10 aromatic carbocycles. The minimum atomic E-state index is -3.27. The largest absolute Gasteiger partial charge is 0.308 e. The van der Waals surface area contributed by atoms with Crippen LogP contribution >= 0.6 is 11.3 Å². The van der Waals surface area contributed by atoms with Crippen LogP contribution in [0.4, 0.5) is 17.1 Å². The molecule has 1 aliphatic rings. The summed E-state index contributed by atoms with van der Waals surface area (Å²) in [5.74, 6) is 0. The van der Waals surface area contributed by atoms with Gasteiger partial charge in [0.1, 0.15) is 0 Å². The van der Waals surface area contributed by atoms with Crippen molar-refractivity contribution < 1.29 is 41.1 Å². The second kappa shape index (κ2) is 14.3. The monoisotopic (exact) mass is 823 g/mol.